The lowest BCUT2D eigenvalue weighted by Crippen LogP contribution is -2.60. The van der Waals surface area contributed by atoms with Gasteiger partial charge in [0.1, 0.15) is 12.6 Å². The van der Waals surface area contributed by atoms with Crippen LogP contribution in [0.1, 0.15) is 70.9 Å². The van der Waals surface area contributed by atoms with Gasteiger partial charge in [0.25, 0.3) is 11.8 Å². The molecule has 9 heteroatoms. The molecule has 0 fully saturated rings. The van der Waals surface area contributed by atoms with E-state index in [1.54, 1.807) is 23.3 Å². The molecule has 44 heavy (non-hydrogen) atoms. The molecule has 1 N–H and O–H groups in total. The Kier molecular flexibility index (Phi) is 14.3. The highest BCUT2D eigenvalue weighted by molar-refractivity contribution is 5.89. The van der Waals surface area contributed by atoms with Gasteiger partial charge in [0.15, 0.2) is 0 Å². The van der Waals surface area contributed by atoms with Crippen molar-refractivity contribution in [2.45, 2.75) is 79.0 Å². The zero-order chi connectivity index (χ0) is 31.7. The molecule has 3 amide bonds. The highest BCUT2D eigenvalue weighted by Gasteiger charge is 2.37. The van der Waals surface area contributed by atoms with Crippen LogP contribution in [-0.4, -0.2) is 49.9 Å². The zero-order valence-electron chi connectivity index (χ0n) is 26.5. The summed E-state index contributed by atoms with van der Waals surface area (Å²) in [5.41, 5.74) is 4.44. The molecule has 1 heterocycles. The molecule has 0 spiro atoms. The van der Waals surface area contributed by atoms with E-state index in [-0.39, 0.29) is 49.6 Å². The van der Waals surface area contributed by atoms with Gasteiger partial charge in [0, 0.05) is 25.4 Å². The van der Waals surface area contributed by atoms with Crippen LogP contribution in [0, 0.1) is 11.8 Å². The van der Waals surface area contributed by atoms with Crippen molar-refractivity contribution in [3.63, 3.8) is 0 Å². The Labute approximate surface area is 261 Å². The molecule has 3 aromatic rings. The van der Waals surface area contributed by atoms with Crippen LogP contribution >= 0.6 is 0 Å². The quantitative estimate of drug-likeness (QED) is 0.190. The number of rotatable bonds is 17. The van der Waals surface area contributed by atoms with Gasteiger partial charge in [0.2, 0.25) is 5.91 Å². The zero-order valence-corrected chi connectivity index (χ0v) is 26.5. The largest absolute Gasteiger partial charge is 0.328 e. The van der Waals surface area contributed by atoms with E-state index >= 15 is 0 Å². The van der Waals surface area contributed by atoms with Crippen molar-refractivity contribution >= 4 is 23.8 Å². The van der Waals surface area contributed by atoms with Crippen molar-refractivity contribution in [3.8, 4) is 0 Å². The first-order chi connectivity index (χ1) is 21.3. The molecule has 3 rings (SSSR count). The van der Waals surface area contributed by atoms with Crippen molar-refractivity contribution in [1.29, 1.82) is 0 Å². The molecule has 9 nitrogen and oxygen atoms in total. The molecule has 0 radical (unpaired) electrons. The molecule has 0 aliphatic carbocycles. The summed E-state index contributed by atoms with van der Waals surface area (Å²) in [6, 6.07) is 18.2. The van der Waals surface area contributed by atoms with Gasteiger partial charge >= 0.3 is 0 Å². The summed E-state index contributed by atoms with van der Waals surface area (Å²) in [6.07, 6.45) is 11.3. The molecule has 0 unspecified atom stereocenters. The van der Waals surface area contributed by atoms with Crippen LogP contribution in [0.15, 0.2) is 85.5 Å². The van der Waals surface area contributed by atoms with E-state index in [0.29, 0.717) is 13.0 Å². The summed E-state index contributed by atoms with van der Waals surface area (Å²) in [5.74, 6) is -0.654. The van der Waals surface area contributed by atoms with E-state index < -0.39 is 11.9 Å². The molecule has 0 aliphatic rings. The van der Waals surface area contributed by atoms with Gasteiger partial charge in [-0.2, -0.15) is 0 Å². The minimum absolute atomic E-state index is 0.00713. The van der Waals surface area contributed by atoms with Crippen molar-refractivity contribution in [3.05, 3.63) is 96.6 Å². The van der Waals surface area contributed by atoms with Crippen LogP contribution in [0.3, 0.4) is 0 Å². The molecule has 0 bridgehead atoms. The average Bonchev–Trinajstić information content (AvgIpc) is 3.54. The summed E-state index contributed by atoms with van der Waals surface area (Å²) < 4.78 is 1.67. The van der Waals surface area contributed by atoms with Crippen LogP contribution < -0.4 is 5.48 Å². The fraction of sp³-hybridized carbons (Fsp3) is 0.429. The Morgan fingerprint density at radius 1 is 0.977 bits per heavy atom. The lowest BCUT2D eigenvalue weighted by atomic mass is 10.0. The van der Waals surface area contributed by atoms with E-state index in [0.717, 1.165) is 24.0 Å². The number of hydrogen-bond acceptors (Lipinski definition) is 5. The fourth-order valence-electron chi connectivity index (χ4n) is 4.77. The molecular weight excluding hydrogens is 554 g/mol. The second kappa shape index (κ2) is 18.4. The summed E-state index contributed by atoms with van der Waals surface area (Å²) in [7, 11) is 0. The normalized spacial score (nSPS) is 12.0. The third-order valence-corrected chi connectivity index (χ3v) is 7.52. The van der Waals surface area contributed by atoms with Crippen LogP contribution in [0.5, 0.6) is 0 Å². The molecule has 1 aromatic heterocycles. The van der Waals surface area contributed by atoms with Gasteiger partial charge in [-0.05, 0) is 35.8 Å². The SMILES string of the molecule is CCC(CC)CN(C(=O)Cn1ccnc1)N(C(=O)CCC(C)C)[C@@H](CC=Cc1ccccc1)C(=O)NOCc1ccccc1. The Morgan fingerprint density at radius 2 is 1.66 bits per heavy atom. The smallest absolute Gasteiger partial charge is 0.268 e. The molecular formula is C35H47N5O4. The monoisotopic (exact) mass is 601 g/mol. The maximum Gasteiger partial charge on any atom is 0.268 e. The van der Waals surface area contributed by atoms with Gasteiger partial charge in [-0.25, -0.2) is 20.5 Å². The predicted molar refractivity (Wildman–Crippen MR) is 172 cm³/mol. The minimum Gasteiger partial charge on any atom is -0.328 e. The molecule has 2 aromatic carbocycles. The number of hydrazine groups is 1. The lowest BCUT2D eigenvalue weighted by molar-refractivity contribution is -0.177. The Bertz CT molecular complexity index is 1290. The lowest BCUT2D eigenvalue weighted by Gasteiger charge is -2.41. The second-order valence-corrected chi connectivity index (χ2v) is 11.4. The van der Waals surface area contributed by atoms with Crippen molar-refractivity contribution < 1.29 is 19.2 Å². The van der Waals surface area contributed by atoms with E-state index in [1.165, 1.54) is 10.0 Å². The highest BCUT2D eigenvalue weighted by atomic mass is 16.7. The number of aromatic nitrogens is 2. The van der Waals surface area contributed by atoms with Crippen LogP contribution in [-0.2, 0) is 32.4 Å². The number of nitrogens with one attached hydrogen (secondary N) is 1. The van der Waals surface area contributed by atoms with E-state index in [4.69, 9.17) is 4.84 Å². The number of carbonyl (C=O) groups is 3. The molecule has 1 atom stereocenters. The first-order valence-electron chi connectivity index (χ1n) is 15.6. The van der Waals surface area contributed by atoms with Gasteiger partial charge in [-0.1, -0.05) is 113 Å². The Balaban J connectivity index is 1.99. The second-order valence-electron chi connectivity index (χ2n) is 11.4. The number of benzene rings is 2. The fourth-order valence-corrected chi connectivity index (χ4v) is 4.77. The van der Waals surface area contributed by atoms with Gasteiger partial charge in [-0.3, -0.25) is 19.2 Å². The van der Waals surface area contributed by atoms with Crippen LogP contribution in [0.4, 0.5) is 0 Å². The summed E-state index contributed by atoms with van der Waals surface area (Å²) in [5, 5.41) is 2.90. The topological polar surface area (TPSA) is 96.8 Å². The summed E-state index contributed by atoms with van der Waals surface area (Å²) >= 11 is 0. The maximum atomic E-state index is 14.1. The van der Waals surface area contributed by atoms with Gasteiger partial charge in [-0.15, -0.1) is 0 Å². The summed E-state index contributed by atoms with van der Waals surface area (Å²) in [6.45, 7) is 8.71. The standard InChI is InChI=1S/C35H47N5O4/c1-5-29(6-2)24-39(34(42)25-38-23-22-36-27-38)40(33(41)21-20-28(3)4)32(19-13-18-30-14-9-7-10-15-30)35(43)37-44-26-31-16-11-8-12-17-31/h7-18,22-23,27-29,32H,5-6,19-21,24-26H2,1-4H3,(H,37,43)/t32-/m0/s1. The first kappa shape index (κ1) is 34.3. The first-order valence-corrected chi connectivity index (χ1v) is 15.6. The Hall–Kier alpha value is -4.24. The molecule has 0 saturated heterocycles. The van der Waals surface area contributed by atoms with Crippen LogP contribution in [0.25, 0.3) is 6.08 Å². The van der Waals surface area contributed by atoms with Crippen molar-refractivity contribution in [2.24, 2.45) is 11.8 Å². The minimum atomic E-state index is -1.02. The highest BCUT2D eigenvalue weighted by Crippen LogP contribution is 2.21. The molecule has 0 aliphatic heterocycles. The van der Waals surface area contributed by atoms with Crippen LogP contribution in [0.2, 0.25) is 0 Å². The number of amides is 3. The maximum absolute atomic E-state index is 14.1. The summed E-state index contributed by atoms with van der Waals surface area (Å²) in [4.78, 5) is 51.7. The molecule has 0 saturated carbocycles. The number of hydrogen-bond donors (Lipinski definition) is 1. The van der Waals surface area contributed by atoms with Gasteiger partial charge in [0.05, 0.1) is 12.9 Å². The number of carbonyl (C=O) groups excluding carboxylic acids is 3. The van der Waals surface area contributed by atoms with E-state index in [9.17, 15) is 14.4 Å². The third kappa shape index (κ3) is 11.1. The number of imidazole rings is 1. The predicted octanol–water partition coefficient (Wildman–Crippen LogP) is 6.05. The van der Waals surface area contributed by atoms with Gasteiger partial charge < -0.3 is 4.57 Å². The van der Waals surface area contributed by atoms with E-state index in [1.807, 2.05) is 86.7 Å². The third-order valence-electron chi connectivity index (χ3n) is 7.52. The number of hydroxylamine groups is 1. The molecule has 236 valence electrons. The number of nitrogens with zero attached hydrogens (tertiary/aromatic N) is 4. The van der Waals surface area contributed by atoms with Crippen molar-refractivity contribution in [2.75, 3.05) is 6.54 Å². The van der Waals surface area contributed by atoms with E-state index in [2.05, 4.69) is 24.3 Å². The average molecular weight is 602 g/mol. The van der Waals surface area contributed by atoms with Crippen molar-refractivity contribution in [1.82, 2.24) is 25.0 Å². The Morgan fingerprint density at radius 3 is 2.27 bits per heavy atom.